The molecule has 0 aromatic heterocycles. The van der Waals surface area contributed by atoms with Crippen LogP contribution >= 0.6 is 24.8 Å². The third-order valence-electron chi connectivity index (χ3n) is 4.85. The zero-order chi connectivity index (χ0) is 15.2. The molecule has 24 heavy (non-hydrogen) atoms. The number of nitrogens with one attached hydrogen (secondary N) is 2. The third kappa shape index (κ3) is 5.92. The van der Waals surface area contributed by atoms with Crippen LogP contribution in [-0.2, 0) is 4.79 Å². The second kappa shape index (κ2) is 10.9. The fourth-order valence-corrected chi connectivity index (χ4v) is 3.62. The van der Waals surface area contributed by atoms with E-state index in [2.05, 4.69) is 45.9 Å². The summed E-state index contributed by atoms with van der Waals surface area (Å²) in [5.41, 5.74) is 1.31. The Morgan fingerprint density at radius 1 is 1.17 bits per heavy atom. The molecular weight excluding hydrogens is 345 g/mol. The Morgan fingerprint density at radius 2 is 1.88 bits per heavy atom. The molecule has 0 radical (unpaired) electrons. The van der Waals surface area contributed by atoms with E-state index in [0.29, 0.717) is 18.5 Å². The van der Waals surface area contributed by atoms with Crippen LogP contribution in [0.4, 0.5) is 0 Å². The molecule has 0 bridgehead atoms. The Balaban J connectivity index is 0.00000144. The summed E-state index contributed by atoms with van der Waals surface area (Å²) in [5.74, 6) is 0.180. The van der Waals surface area contributed by atoms with Gasteiger partial charge in [0.1, 0.15) is 0 Å². The van der Waals surface area contributed by atoms with Gasteiger partial charge in [0.05, 0.1) is 6.04 Å². The maximum atomic E-state index is 12.2. The van der Waals surface area contributed by atoms with Gasteiger partial charge in [0.25, 0.3) is 0 Å². The van der Waals surface area contributed by atoms with Crippen LogP contribution in [0, 0.1) is 0 Å². The Kier molecular flexibility index (Phi) is 9.67. The van der Waals surface area contributed by atoms with E-state index in [4.69, 9.17) is 0 Å². The average Bonchev–Trinajstić information content (AvgIpc) is 3.22. The van der Waals surface area contributed by atoms with Gasteiger partial charge in [-0.05, 0) is 50.9 Å². The first-order valence-corrected chi connectivity index (χ1v) is 8.62. The molecule has 2 heterocycles. The van der Waals surface area contributed by atoms with Gasteiger partial charge in [0.2, 0.25) is 5.91 Å². The number of benzene rings is 1. The summed E-state index contributed by atoms with van der Waals surface area (Å²) in [7, 11) is 0. The van der Waals surface area contributed by atoms with E-state index in [-0.39, 0.29) is 30.7 Å². The van der Waals surface area contributed by atoms with Crippen molar-refractivity contribution in [3.05, 3.63) is 35.9 Å². The van der Waals surface area contributed by atoms with Gasteiger partial charge < -0.3 is 10.6 Å². The Morgan fingerprint density at radius 3 is 2.50 bits per heavy atom. The Labute approximate surface area is 157 Å². The summed E-state index contributed by atoms with van der Waals surface area (Å²) in [6.45, 7) is 4.05. The SMILES string of the molecule is Cl.Cl.O=C(CC1CCCN1)NCC(c1ccccc1)N1CCCC1. The molecule has 0 saturated carbocycles. The largest absolute Gasteiger partial charge is 0.354 e. The number of likely N-dealkylation sites (tertiary alicyclic amines) is 1. The van der Waals surface area contributed by atoms with Crippen molar-refractivity contribution >= 4 is 30.7 Å². The minimum Gasteiger partial charge on any atom is -0.354 e. The molecule has 0 aliphatic carbocycles. The molecule has 2 fully saturated rings. The highest BCUT2D eigenvalue weighted by Gasteiger charge is 2.24. The second-order valence-corrected chi connectivity index (χ2v) is 6.47. The first-order valence-electron chi connectivity index (χ1n) is 8.62. The maximum Gasteiger partial charge on any atom is 0.221 e. The fraction of sp³-hybridized carbons (Fsp3) is 0.611. The zero-order valence-corrected chi connectivity index (χ0v) is 15.7. The highest BCUT2D eigenvalue weighted by atomic mass is 35.5. The number of nitrogens with zero attached hydrogens (tertiary/aromatic N) is 1. The molecule has 136 valence electrons. The van der Waals surface area contributed by atoms with Crippen LogP contribution in [0.15, 0.2) is 30.3 Å². The summed E-state index contributed by atoms with van der Waals surface area (Å²) in [6.07, 6.45) is 5.47. The first-order chi connectivity index (χ1) is 10.8. The van der Waals surface area contributed by atoms with Crippen LogP contribution < -0.4 is 10.6 Å². The van der Waals surface area contributed by atoms with E-state index in [1.165, 1.54) is 24.8 Å². The predicted octanol–water partition coefficient (Wildman–Crippen LogP) is 2.93. The van der Waals surface area contributed by atoms with Crippen LogP contribution in [0.3, 0.4) is 0 Å². The monoisotopic (exact) mass is 373 g/mol. The highest BCUT2D eigenvalue weighted by Crippen LogP contribution is 2.24. The van der Waals surface area contributed by atoms with E-state index in [1.54, 1.807) is 0 Å². The lowest BCUT2D eigenvalue weighted by Gasteiger charge is -2.28. The van der Waals surface area contributed by atoms with E-state index in [1.807, 2.05) is 0 Å². The Hall–Kier alpha value is -0.810. The van der Waals surface area contributed by atoms with Crippen molar-refractivity contribution in [2.24, 2.45) is 0 Å². The standard InChI is InChI=1S/C18H27N3O.2ClH/c22-18(13-16-9-6-10-19-16)20-14-17(21-11-4-5-12-21)15-7-2-1-3-8-15;;/h1-3,7-8,16-17,19H,4-6,9-14H2,(H,20,22);2*1H. The first kappa shape index (κ1) is 21.2. The number of hydrogen-bond donors (Lipinski definition) is 2. The van der Waals surface area contributed by atoms with E-state index < -0.39 is 0 Å². The van der Waals surface area contributed by atoms with Crippen LogP contribution in [0.2, 0.25) is 0 Å². The Bertz CT molecular complexity index is 474. The van der Waals surface area contributed by atoms with Gasteiger partial charge in [0.15, 0.2) is 0 Å². The van der Waals surface area contributed by atoms with Crippen molar-refractivity contribution in [3.63, 3.8) is 0 Å². The number of hydrogen-bond acceptors (Lipinski definition) is 3. The van der Waals surface area contributed by atoms with E-state index in [0.717, 1.165) is 32.6 Å². The minimum absolute atomic E-state index is 0. The number of amides is 1. The van der Waals surface area contributed by atoms with Crippen LogP contribution in [-0.4, -0.2) is 43.0 Å². The van der Waals surface area contributed by atoms with Gasteiger partial charge in [-0.1, -0.05) is 30.3 Å². The van der Waals surface area contributed by atoms with Crippen LogP contribution in [0.1, 0.15) is 43.7 Å². The molecule has 2 aliphatic rings. The molecule has 1 amide bonds. The topological polar surface area (TPSA) is 44.4 Å². The third-order valence-corrected chi connectivity index (χ3v) is 4.85. The summed E-state index contributed by atoms with van der Waals surface area (Å²) in [5, 5.41) is 6.56. The van der Waals surface area contributed by atoms with Crippen molar-refractivity contribution in [2.45, 2.75) is 44.2 Å². The number of carbonyl (C=O) groups is 1. The highest BCUT2D eigenvalue weighted by molar-refractivity contribution is 5.85. The second-order valence-electron chi connectivity index (χ2n) is 6.47. The summed E-state index contributed by atoms with van der Waals surface area (Å²) >= 11 is 0. The van der Waals surface area contributed by atoms with Crippen molar-refractivity contribution in [2.75, 3.05) is 26.2 Å². The lowest BCUT2D eigenvalue weighted by molar-refractivity contribution is -0.121. The van der Waals surface area contributed by atoms with Crippen molar-refractivity contribution in [1.82, 2.24) is 15.5 Å². The summed E-state index contributed by atoms with van der Waals surface area (Å²) in [6, 6.07) is 11.3. The molecule has 2 N–H and O–H groups in total. The van der Waals surface area contributed by atoms with Crippen molar-refractivity contribution in [3.8, 4) is 0 Å². The van der Waals surface area contributed by atoms with Crippen molar-refractivity contribution < 1.29 is 4.79 Å². The normalized spacial score (nSPS) is 21.6. The van der Waals surface area contributed by atoms with E-state index in [9.17, 15) is 4.79 Å². The molecule has 2 unspecified atom stereocenters. The number of halogens is 2. The predicted molar refractivity (Wildman–Crippen MR) is 103 cm³/mol. The van der Waals surface area contributed by atoms with Gasteiger partial charge in [-0.2, -0.15) is 0 Å². The minimum atomic E-state index is 0. The van der Waals surface area contributed by atoms with Gasteiger partial charge in [0, 0.05) is 19.0 Å². The molecule has 2 aliphatic heterocycles. The van der Waals surface area contributed by atoms with Gasteiger partial charge in [-0.3, -0.25) is 9.69 Å². The summed E-state index contributed by atoms with van der Waals surface area (Å²) in [4.78, 5) is 14.7. The molecule has 1 aromatic carbocycles. The van der Waals surface area contributed by atoms with Crippen LogP contribution in [0.5, 0.6) is 0 Å². The molecule has 1 aromatic rings. The van der Waals surface area contributed by atoms with Gasteiger partial charge in [-0.15, -0.1) is 24.8 Å². The lowest BCUT2D eigenvalue weighted by atomic mass is 10.1. The van der Waals surface area contributed by atoms with Gasteiger partial charge >= 0.3 is 0 Å². The number of carbonyl (C=O) groups excluding carboxylic acids is 1. The van der Waals surface area contributed by atoms with Crippen molar-refractivity contribution in [1.29, 1.82) is 0 Å². The zero-order valence-electron chi connectivity index (χ0n) is 14.1. The average molecular weight is 374 g/mol. The lowest BCUT2D eigenvalue weighted by Crippen LogP contribution is -2.38. The number of rotatable bonds is 6. The smallest absolute Gasteiger partial charge is 0.221 e. The molecule has 2 atom stereocenters. The summed E-state index contributed by atoms with van der Waals surface area (Å²) < 4.78 is 0. The van der Waals surface area contributed by atoms with Crippen LogP contribution in [0.25, 0.3) is 0 Å². The molecule has 6 heteroatoms. The van der Waals surface area contributed by atoms with Gasteiger partial charge in [-0.25, -0.2) is 0 Å². The molecule has 0 spiro atoms. The maximum absolute atomic E-state index is 12.2. The fourth-order valence-electron chi connectivity index (χ4n) is 3.62. The quantitative estimate of drug-likeness (QED) is 0.805. The molecule has 3 rings (SSSR count). The molecule has 4 nitrogen and oxygen atoms in total. The molecular formula is C18H29Cl2N3O. The molecule has 2 saturated heterocycles. The van der Waals surface area contributed by atoms with E-state index >= 15 is 0 Å².